The second-order valence-corrected chi connectivity index (χ2v) is 20.6. The van der Waals surface area contributed by atoms with Crippen LogP contribution in [-0.4, -0.2) is 0 Å². The van der Waals surface area contributed by atoms with Crippen LogP contribution in [0.2, 0.25) is 0 Å². The van der Waals surface area contributed by atoms with Crippen molar-refractivity contribution in [2.75, 3.05) is 4.67 Å². The van der Waals surface area contributed by atoms with E-state index in [-0.39, 0.29) is 12.1 Å². The molecular weight excluding hydrogens is 846 g/mol. The van der Waals surface area contributed by atoms with Crippen LogP contribution in [-0.2, 0) is 25.7 Å². The molecule has 3 nitrogen and oxygen atoms in total. The summed E-state index contributed by atoms with van der Waals surface area (Å²) in [4.78, 5) is 0. The highest BCUT2D eigenvalue weighted by atomic mass is 31.1. The predicted octanol–water partition coefficient (Wildman–Crippen LogP) is 18.5. The molecule has 0 fully saturated rings. The lowest BCUT2D eigenvalue weighted by Crippen LogP contribution is -2.27. The molecule has 1 aromatic heterocycles. The van der Waals surface area contributed by atoms with E-state index in [0.717, 1.165) is 49.7 Å². The molecule has 68 heavy (non-hydrogen) atoms. The largest absolute Gasteiger partial charge is 0.407 e. The van der Waals surface area contributed by atoms with Crippen molar-refractivity contribution in [2.24, 2.45) is 0 Å². The van der Waals surface area contributed by atoms with E-state index >= 15 is 0 Å². The Morgan fingerprint density at radius 3 is 1.12 bits per heavy atom. The first-order chi connectivity index (χ1) is 33.6. The minimum Gasteiger partial charge on any atom is -0.407 e. The van der Waals surface area contributed by atoms with Crippen LogP contribution in [0.4, 0.5) is 0 Å². The lowest BCUT2D eigenvalue weighted by atomic mass is 9.80. The van der Waals surface area contributed by atoms with Crippen LogP contribution in [0.25, 0.3) is 87.3 Å². The Morgan fingerprint density at radius 1 is 0.397 bits per heavy atom. The molecule has 332 valence electrons. The fourth-order valence-corrected chi connectivity index (χ4v) is 13.9. The maximum atomic E-state index is 8.16. The van der Waals surface area contributed by atoms with Crippen molar-refractivity contribution in [1.29, 1.82) is 0 Å². The number of hydrogen-bond acceptors (Lipinski definition) is 3. The third-order valence-corrected chi connectivity index (χ3v) is 17.2. The van der Waals surface area contributed by atoms with E-state index in [1.54, 1.807) is 0 Å². The molecule has 0 saturated carbocycles. The van der Waals surface area contributed by atoms with Gasteiger partial charge in [0, 0.05) is 45.1 Å². The molecule has 2 aliphatic rings. The smallest absolute Gasteiger partial charge is 0.310 e. The molecule has 13 rings (SSSR count). The lowest BCUT2D eigenvalue weighted by Gasteiger charge is -2.32. The zero-order valence-electron chi connectivity index (χ0n) is 38.8. The highest BCUT2D eigenvalue weighted by Gasteiger charge is 2.33. The fourth-order valence-electron chi connectivity index (χ4n) is 12.1. The minimum atomic E-state index is -1.84. The van der Waals surface area contributed by atoms with Crippen LogP contribution in [0.3, 0.4) is 0 Å². The van der Waals surface area contributed by atoms with Crippen molar-refractivity contribution < 1.29 is 8.39 Å². The molecule has 4 heteroatoms. The van der Waals surface area contributed by atoms with Gasteiger partial charge in [0.1, 0.15) is 0 Å². The van der Waals surface area contributed by atoms with Crippen molar-refractivity contribution in [2.45, 2.75) is 77.3 Å². The fraction of sp³-hybridized carbons (Fsp3) is 0.188. The number of nitrogens with zero attached hydrogens (tertiary/aromatic N) is 1. The summed E-state index contributed by atoms with van der Waals surface area (Å²) in [7, 11) is -1.84. The summed E-state index contributed by atoms with van der Waals surface area (Å²) >= 11 is 0. The highest BCUT2D eigenvalue weighted by Crippen LogP contribution is 2.54. The normalized spacial score (nSPS) is 14.8. The van der Waals surface area contributed by atoms with Gasteiger partial charge in [0.25, 0.3) is 0 Å². The van der Waals surface area contributed by atoms with Gasteiger partial charge in [-0.2, -0.15) is 4.67 Å². The maximum absolute atomic E-state index is 8.16. The second kappa shape index (κ2) is 17.0. The van der Waals surface area contributed by atoms with Gasteiger partial charge < -0.3 is 8.39 Å². The van der Waals surface area contributed by atoms with Crippen LogP contribution >= 0.6 is 8.16 Å². The van der Waals surface area contributed by atoms with Crippen molar-refractivity contribution in [3.05, 3.63) is 215 Å². The van der Waals surface area contributed by atoms with E-state index in [2.05, 4.69) is 201 Å². The Balaban J connectivity index is 1.29. The van der Waals surface area contributed by atoms with Crippen molar-refractivity contribution in [1.82, 2.24) is 0 Å². The van der Waals surface area contributed by atoms with E-state index in [1.165, 1.54) is 122 Å². The van der Waals surface area contributed by atoms with Crippen LogP contribution in [0, 0.1) is 0 Å². The molecule has 0 unspecified atom stereocenters. The van der Waals surface area contributed by atoms with Crippen LogP contribution < -0.4 is 4.67 Å². The van der Waals surface area contributed by atoms with Gasteiger partial charge in [0.2, 0.25) is 0 Å². The Bertz CT molecular complexity index is 3440. The molecule has 0 N–H and O–H groups in total. The first-order valence-corrected chi connectivity index (χ1v) is 26.0. The van der Waals surface area contributed by atoms with Gasteiger partial charge in [-0.15, -0.1) is 0 Å². The van der Waals surface area contributed by atoms with Crippen molar-refractivity contribution >= 4 is 73.2 Å². The number of benzene rings is 10. The van der Waals surface area contributed by atoms with Crippen molar-refractivity contribution in [3.63, 3.8) is 0 Å². The summed E-state index contributed by atoms with van der Waals surface area (Å²) in [5, 5.41) is 12.4. The molecule has 2 aliphatic carbocycles. The van der Waals surface area contributed by atoms with Gasteiger partial charge in [0.15, 0.2) is 11.2 Å². The summed E-state index contributed by atoms with van der Waals surface area (Å²) in [6, 6.07) is 67.5. The van der Waals surface area contributed by atoms with Crippen LogP contribution in [0.1, 0.15) is 85.0 Å². The zero-order chi connectivity index (χ0) is 45.3. The Hall–Kier alpha value is -6.90. The van der Waals surface area contributed by atoms with Crippen molar-refractivity contribution in [3.8, 4) is 22.3 Å². The van der Waals surface area contributed by atoms with Gasteiger partial charge in [-0.25, -0.2) is 0 Å². The minimum absolute atomic E-state index is 0.0542. The number of fused-ring (bicyclic) bond motifs is 11. The van der Waals surface area contributed by atoms with Gasteiger partial charge in [-0.3, -0.25) is 0 Å². The topological polar surface area (TPSA) is 29.5 Å². The first-order valence-electron chi connectivity index (χ1n) is 24.8. The molecule has 0 spiro atoms. The molecule has 2 atom stereocenters. The average molecular weight is 900 g/mol. The summed E-state index contributed by atoms with van der Waals surface area (Å²) in [6.07, 6.45) is 8.76. The Kier molecular flexibility index (Phi) is 10.3. The van der Waals surface area contributed by atoms with Gasteiger partial charge >= 0.3 is 8.16 Å². The predicted molar refractivity (Wildman–Crippen MR) is 288 cm³/mol. The molecule has 10 aromatic carbocycles. The van der Waals surface area contributed by atoms with E-state index < -0.39 is 8.16 Å². The summed E-state index contributed by atoms with van der Waals surface area (Å²) in [6.45, 7) is 4.68. The number of rotatable bonds is 7. The number of hydrogen-bond donors (Lipinski definition) is 0. The molecule has 0 aliphatic heterocycles. The molecule has 0 radical (unpaired) electrons. The monoisotopic (exact) mass is 899 g/mol. The summed E-state index contributed by atoms with van der Waals surface area (Å²) in [5.41, 5.74) is 15.0. The van der Waals surface area contributed by atoms with E-state index in [9.17, 15) is 0 Å². The summed E-state index contributed by atoms with van der Waals surface area (Å²) in [5.74, 6) is 0. The lowest BCUT2D eigenvalue weighted by molar-refractivity contribution is 0.558. The van der Waals surface area contributed by atoms with Gasteiger partial charge in [0.05, 0.1) is 0 Å². The Labute approximate surface area is 399 Å². The average Bonchev–Trinajstić information content (AvgIpc) is 3.58. The second-order valence-electron chi connectivity index (χ2n) is 19.3. The quantitative estimate of drug-likeness (QED) is 0.149. The molecule has 0 bridgehead atoms. The van der Waals surface area contributed by atoms with Crippen LogP contribution in [0.15, 0.2) is 190 Å². The molecule has 1 heterocycles. The van der Waals surface area contributed by atoms with Gasteiger partial charge in [-0.1, -0.05) is 158 Å². The van der Waals surface area contributed by atoms with Crippen LogP contribution in [0.5, 0.6) is 0 Å². The molecular formula is C64H54NO2P. The highest BCUT2D eigenvalue weighted by molar-refractivity contribution is 7.39. The SMILES string of the molecule is C[C@@H](c1ccccc1)N([C@@H](C)c1ccccc1)p1oc2c(-c3c4ccccc4cc4ccccc34)cc3c(c2c2c4c(cc(-c5c6ccccc6cc6ccccc56)c2o1)CCCC4)CCCC3. The molecule has 0 saturated heterocycles. The van der Waals surface area contributed by atoms with E-state index in [1.807, 2.05) is 0 Å². The molecule has 0 amide bonds. The molecule has 11 aromatic rings. The zero-order valence-corrected chi connectivity index (χ0v) is 39.7. The number of aryl methyl sites for hydroxylation is 4. The first kappa shape index (κ1) is 41.3. The maximum Gasteiger partial charge on any atom is 0.310 e. The summed E-state index contributed by atoms with van der Waals surface area (Å²) < 4.78 is 18.9. The standard InChI is InChI=1S/C64H54NO2P/c1-41(43-21-5-3-6-22-43)65(42(2)44-23-7-4-8-24-44)68-66-63-57(59-51-31-15-9-25-45(51)37-46-26-10-16-32-52(46)59)39-49-29-13-19-35-55(49)61(63)62-56-36-20-14-30-50(56)40-58(64(62)67-68)60-53-33-17-11-27-47(53)38-48-28-12-18-34-54(48)60/h3-12,15-18,21-28,31-34,37-42H,13-14,19-20,29-30,35-36H2,1-2H3/t41-,42-/m0/s1. The Morgan fingerprint density at radius 2 is 0.735 bits per heavy atom. The third-order valence-electron chi connectivity index (χ3n) is 15.4. The van der Waals surface area contributed by atoms with Gasteiger partial charge in [-0.05, 0) is 166 Å². The van der Waals surface area contributed by atoms with E-state index in [4.69, 9.17) is 8.39 Å². The van der Waals surface area contributed by atoms with E-state index in [0.29, 0.717) is 0 Å². The third kappa shape index (κ3) is 6.81.